The number of H-pyrrole nitrogens is 1. The maximum Gasteiger partial charge on any atom is 0.195 e. The van der Waals surface area contributed by atoms with Gasteiger partial charge in [-0.2, -0.15) is 5.10 Å². The van der Waals surface area contributed by atoms with Gasteiger partial charge in [-0.15, -0.1) is 0 Å². The first-order valence-corrected chi connectivity index (χ1v) is 5.88. The van der Waals surface area contributed by atoms with Crippen LogP contribution in [0.3, 0.4) is 0 Å². The van der Waals surface area contributed by atoms with Crippen molar-refractivity contribution >= 4 is 12.2 Å². The molecule has 1 saturated heterocycles. The van der Waals surface area contributed by atoms with Crippen LogP contribution in [0, 0.1) is 4.77 Å². The molecule has 0 aromatic carbocycles. The summed E-state index contributed by atoms with van der Waals surface area (Å²) in [6, 6.07) is 0. The molecule has 1 aliphatic heterocycles. The first-order chi connectivity index (χ1) is 7.71. The van der Waals surface area contributed by atoms with Crippen LogP contribution in [0.4, 0.5) is 0 Å². The molecule has 2 heterocycles. The van der Waals surface area contributed by atoms with Crippen LogP contribution in [0.5, 0.6) is 0 Å². The number of methoxy groups -OCH3 is 1. The van der Waals surface area contributed by atoms with Gasteiger partial charge in [-0.3, -0.25) is 5.10 Å². The maximum absolute atomic E-state index is 5.59. The Morgan fingerprint density at radius 2 is 2.50 bits per heavy atom. The smallest absolute Gasteiger partial charge is 0.195 e. The lowest BCUT2D eigenvalue weighted by Gasteiger charge is -2.26. The Labute approximate surface area is 99.8 Å². The Bertz CT molecular complexity index is 406. The van der Waals surface area contributed by atoms with Crippen molar-refractivity contribution in [1.82, 2.24) is 14.8 Å². The quantitative estimate of drug-likeness (QED) is 0.810. The van der Waals surface area contributed by atoms with Crippen molar-refractivity contribution in [2.75, 3.05) is 20.3 Å². The van der Waals surface area contributed by atoms with Gasteiger partial charge in [0, 0.05) is 26.6 Å². The van der Waals surface area contributed by atoms with Gasteiger partial charge in [-0.05, 0) is 12.2 Å². The minimum absolute atomic E-state index is 0.244. The van der Waals surface area contributed by atoms with Gasteiger partial charge < -0.3 is 14.0 Å². The number of aromatic nitrogens is 3. The number of hydrogen-bond donors (Lipinski definition) is 1. The highest BCUT2D eigenvalue weighted by atomic mass is 32.1. The van der Waals surface area contributed by atoms with Gasteiger partial charge >= 0.3 is 0 Å². The van der Waals surface area contributed by atoms with Gasteiger partial charge in [0.2, 0.25) is 0 Å². The van der Waals surface area contributed by atoms with Gasteiger partial charge in [0.25, 0.3) is 0 Å². The second-order valence-corrected chi connectivity index (χ2v) is 4.46. The predicted molar refractivity (Wildman–Crippen MR) is 62.0 cm³/mol. The number of hydrogen-bond acceptors (Lipinski definition) is 4. The van der Waals surface area contributed by atoms with E-state index in [2.05, 4.69) is 17.1 Å². The van der Waals surface area contributed by atoms with Gasteiger partial charge in [0.05, 0.1) is 13.2 Å². The van der Waals surface area contributed by atoms with E-state index in [4.69, 9.17) is 21.7 Å². The van der Waals surface area contributed by atoms with E-state index in [1.165, 1.54) is 0 Å². The Balaban J connectivity index is 2.24. The molecule has 16 heavy (non-hydrogen) atoms. The normalized spacial score (nSPS) is 25.1. The molecule has 1 aromatic heterocycles. The standard InChI is InChI=1S/C10H17N3O2S/c1-3-8-11-12-9(16)13(8)6-10(14-2)4-5-15-7-10/h3-7H2,1-2H3,(H,12,16). The van der Waals surface area contributed by atoms with E-state index >= 15 is 0 Å². The summed E-state index contributed by atoms with van der Waals surface area (Å²) in [4.78, 5) is 0. The molecule has 5 nitrogen and oxygen atoms in total. The van der Waals surface area contributed by atoms with E-state index in [-0.39, 0.29) is 5.60 Å². The highest BCUT2D eigenvalue weighted by Crippen LogP contribution is 2.25. The van der Waals surface area contributed by atoms with Crippen LogP contribution >= 0.6 is 12.2 Å². The van der Waals surface area contributed by atoms with E-state index in [9.17, 15) is 0 Å². The zero-order valence-corrected chi connectivity index (χ0v) is 10.5. The zero-order chi connectivity index (χ0) is 11.6. The SMILES string of the molecule is CCc1n[nH]c(=S)n1CC1(OC)CCOC1. The van der Waals surface area contributed by atoms with Gasteiger partial charge in [0.15, 0.2) is 4.77 Å². The van der Waals surface area contributed by atoms with Crippen LogP contribution in [0.15, 0.2) is 0 Å². The number of aromatic amines is 1. The topological polar surface area (TPSA) is 52.1 Å². The number of ether oxygens (including phenoxy) is 2. The van der Waals surface area contributed by atoms with Crippen molar-refractivity contribution in [3.8, 4) is 0 Å². The monoisotopic (exact) mass is 243 g/mol. The number of nitrogens with one attached hydrogen (secondary N) is 1. The molecular formula is C10H17N3O2S. The molecule has 2 rings (SSSR count). The van der Waals surface area contributed by atoms with Crippen LogP contribution in [-0.4, -0.2) is 40.7 Å². The van der Waals surface area contributed by atoms with Crippen LogP contribution in [0.25, 0.3) is 0 Å². The van der Waals surface area contributed by atoms with Crippen LogP contribution in [0.1, 0.15) is 19.2 Å². The Morgan fingerprint density at radius 1 is 1.69 bits per heavy atom. The highest BCUT2D eigenvalue weighted by molar-refractivity contribution is 7.71. The van der Waals surface area contributed by atoms with Gasteiger partial charge in [0.1, 0.15) is 11.4 Å². The summed E-state index contributed by atoms with van der Waals surface area (Å²) in [7, 11) is 1.73. The Morgan fingerprint density at radius 3 is 3.06 bits per heavy atom. The summed E-state index contributed by atoms with van der Waals surface area (Å²) in [6.07, 6.45) is 1.76. The fourth-order valence-corrected chi connectivity index (χ4v) is 2.23. The summed E-state index contributed by atoms with van der Waals surface area (Å²) in [5.74, 6) is 0.966. The average molecular weight is 243 g/mol. The molecule has 90 valence electrons. The minimum Gasteiger partial charge on any atom is -0.378 e. The minimum atomic E-state index is -0.244. The summed E-state index contributed by atoms with van der Waals surface area (Å²) >= 11 is 5.22. The average Bonchev–Trinajstić information content (AvgIpc) is 2.89. The number of rotatable bonds is 4. The second-order valence-electron chi connectivity index (χ2n) is 4.07. The largest absolute Gasteiger partial charge is 0.378 e. The number of aryl methyl sites for hydroxylation is 1. The van der Waals surface area contributed by atoms with Crippen molar-refractivity contribution in [2.24, 2.45) is 0 Å². The first-order valence-electron chi connectivity index (χ1n) is 5.48. The molecule has 0 bridgehead atoms. The molecular weight excluding hydrogens is 226 g/mol. The third kappa shape index (κ3) is 2.05. The van der Waals surface area contributed by atoms with Crippen LogP contribution in [-0.2, 0) is 22.4 Å². The lowest BCUT2D eigenvalue weighted by Crippen LogP contribution is -2.37. The number of nitrogens with zero attached hydrogens (tertiary/aromatic N) is 2. The third-order valence-corrected chi connectivity index (χ3v) is 3.41. The molecule has 0 aliphatic carbocycles. The molecule has 0 radical (unpaired) electrons. The zero-order valence-electron chi connectivity index (χ0n) is 9.65. The molecule has 1 atom stereocenters. The fraction of sp³-hybridized carbons (Fsp3) is 0.800. The van der Waals surface area contributed by atoms with Crippen molar-refractivity contribution in [3.63, 3.8) is 0 Å². The summed E-state index contributed by atoms with van der Waals surface area (Å²) in [5, 5.41) is 7.01. The molecule has 1 unspecified atom stereocenters. The molecule has 0 saturated carbocycles. The second kappa shape index (κ2) is 4.65. The summed E-state index contributed by atoms with van der Waals surface area (Å²) in [6.45, 7) is 4.15. The van der Waals surface area contributed by atoms with Crippen molar-refractivity contribution < 1.29 is 9.47 Å². The van der Waals surface area contributed by atoms with Gasteiger partial charge in [-0.25, -0.2) is 0 Å². The highest BCUT2D eigenvalue weighted by Gasteiger charge is 2.36. The van der Waals surface area contributed by atoms with Crippen molar-refractivity contribution in [3.05, 3.63) is 10.6 Å². The molecule has 1 aromatic rings. The first kappa shape index (κ1) is 11.8. The molecule has 0 amide bonds. The van der Waals surface area contributed by atoms with Crippen LogP contribution in [0.2, 0.25) is 0 Å². The van der Waals surface area contributed by atoms with E-state index in [0.29, 0.717) is 17.9 Å². The molecule has 1 fully saturated rings. The molecule has 1 aliphatic rings. The molecule has 1 N–H and O–H groups in total. The van der Waals surface area contributed by atoms with Crippen molar-refractivity contribution in [1.29, 1.82) is 0 Å². The lowest BCUT2D eigenvalue weighted by molar-refractivity contribution is -0.0302. The maximum atomic E-state index is 5.59. The summed E-state index contributed by atoms with van der Waals surface area (Å²) < 4.78 is 13.7. The van der Waals surface area contributed by atoms with Crippen molar-refractivity contribution in [2.45, 2.75) is 31.9 Å². The van der Waals surface area contributed by atoms with Gasteiger partial charge in [-0.1, -0.05) is 6.92 Å². The predicted octanol–water partition coefficient (Wildman–Crippen LogP) is 1.31. The van der Waals surface area contributed by atoms with E-state index in [0.717, 1.165) is 25.3 Å². The van der Waals surface area contributed by atoms with E-state index < -0.39 is 0 Å². The molecule has 0 spiro atoms. The Kier molecular flexibility index (Phi) is 3.41. The van der Waals surface area contributed by atoms with E-state index in [1.54, 1.807) is 7.11 Å². The fourth-order valence-electron chi connectivity index (χ4n) is 2.01. The Hall–Kier alpha value is -0.720. The summed E-state index contributed by atoms with van der Waals surface area (Å²) in [5.41, 5.74) is -0.244. The van der Waals surface area contributed by atoms with Crippen LogP contribution < -0.4 is 0 Å². The molecule has 6 heteroatoms. The van der Waals surface area contributed by atoms with E-state index in [1.807, 2.05) is 4.57 Å². The lowest BCUT2D eigenvalue weighted by atomic mass is 10.0. The third-order valence-electron chi connectivity index (χ3n) is 3.10.